The van der Waals surface area contributed by atoms with Crippen molar-refractivity contribution in [1.82, 2.24) is 0 Å². The molecule has 16 heavy (non-hydrogen) atoms. The minimum absolute atomic E-state index is 0.280. The fourth-order valence-corrected chi connectivity index (χ4v) is 1.38. The van der Waals surface area contributed by atoms with E-state index in [-0.39, 0.29) is 17.5 Å². The lowest BCUT2D eigenvalue weighted by atomic mass is 10.0. The monoisotopic (exact) mass is 222 g/mol. The maximum Gasteiger partial charge on any atom is 0.311 e. The van der Waals surface area contributed by atoms with Crippen LogP contribution in [0.15, 0.2) is 30.9 Å². The van der Waals surface area contributed by atoms with Crippen molar-refractivity contribution in [3.8, 4) is 5.75 Å². The normalized spacial score (nSPS) is 12.1. The van der Waals surface area contributed by atoms with Crippen LogP contribution in [0, 0.1) is 10.1 Å². The Hall–Kier alpha value is -1.88. The lowest BCUT2D eigenvalue weighted by molar-refractivity contribution is -0.385. The summed E-state index contributed by atoms with van der Waals surface area (Å²) in [5.74, 6) is -0.343. The molecule has 0 saturated heterocycles. The highest BCUT2D eigenvalue weighted by atomic mass is 16.6. The lowest BCUT2D eigenvalue weighted by Gasteiger charge is -2.10. The molecule has 0 unspecified atom stereocenters. The van der Waals surface area contributed by atoms with E-state index in [1.54, 1.807) is 12.1 Å². The Morgan fingerprint density at radius 1 is 1.62 bits per heavy atom. The summed E-state index contributed by atoms with van der Waals surface area (Å²) >= 11 is 0. The summed E-state index contributed by atoms with van der Waals surface area (Å²) in [6, 6.07) is 3.91. The van der Waals surface area contributed by atoms with Crippen molar-refractivity contribution in [3.05, 3.63) is 46.5 Å². The first kappa shape index (κ1) is 12.2. The van der Waals surface area contributed by atoms with Gasteiger partial charge in [-0.3, -0.25) is 10.1 Å². The van der Waals surface area contributed by atoms with Crippen LogP contribution in [0.5, 0.6) is 5.75 Å². The van der Waals surface area contributed by atoms with Crippen LogP contribution < -0.4 is 5.73 Å². The Labute approximate surface area is 93.4 Å². The molecule has 1 rings (SSSR count). The topological polar surface area (TPSA) is 89.4 Å². The fourth-order valence-electron chi connectivity index (χ4n) is 1.38. The van der Waals surface area contributed by atoms with Gasteiger partial charge in [-0.15, -0.1) is 6.58 Å². The largest absolute Gasteiger partial charge is 0.502 e. The van der Waals surface area contributed by atoms with Gasteiger partial charge in [0.15, 0.2) is 5.75 Å². The number of benzene rings is 1. The molecule has 0 fully saturated rings. The van der Waals surface area contributed by atoms with Crippen molar-refractivity contribution in [2.45, 2.75) is 18.9 Å². The number of phenolic OH excluding ortho intramolecular Hbond substituents is 1. The van der Waals surface area contributed by atoms with Gasteiger partial charge in [0.25, 0.3) is 0 Å². The number of rotatable bonds is 5. The number of nitrogens with two attached hydrogens (primary N) is 1. The summed E-state index contributed by atoms with van der Waals surface area (Å²) in [5.41, 5.74) is 6.18. The van der Waals surface area contributed by atoms with E-state index in [0.29, 0.717) is 12.0 Å². The van der Waals surface area contributed by atoms with Crippen LogP contribution in [-0.4, -0.2) is 10.0 Å². The third kappa shape index (κ3) is 2.80. The first-order valence-electron chi connectivity index (χ1n) is 4.90. The lowest BCUT2D eigenvalue weighted by Crippen LogP contribution is -2.10. The minimum Gasteiger partial charge on any atom is -0.502 e. The van der Waals surface area contributed by atoms with E-state index in [1.165, 1.54) is 12.1 Å². The van der Waals surface area contributed by atoms with Crippen molar-refractivity contribution >= 4 is 5.69 Å². The van der Waals surface area contributed by atoms with Crippen LogP contribution in [-0.2, 0) is 0 Å². The van der Waals surface area contributed by atoms with Crippen molar-refractivity contribution in [1.29, 1.82) is 0 Å². The number of nitrogens with zero attached hydrogens (tertiary/aromatic N) is 1. The maximum atomic E-state index is 10.6. The van der Waals surface area contributed by atoms with Crippen LogP contribution >= 0.6 is 0 Å². The Morgan fingerprint density at radius 3 is 2.88 bits per heavy atom. The van der Waals surface area contributed by atoms with Crippen molar-refractivity contribution in [2.24, 2.45) is 5.73 Å². The van der Waals surface area contributed by atoms with E-state index >= 15 is 0 Å². The van der Waals surface area contributed by atoms with Gasteiger partial charge in [-0.05, 0) is 24.5 Å². The van der Waals surface area contributed by atoms with Crippen LogP contribution in [0.25, 0.3) is 0 Å². The Balaban J connectivity index is 2.93. The van der Waals surface area contributed by atoms with Crippen LogP contribution in [0.1, 0.15) is 24.4 Å². The molecule has 86 valence electrons. The second kappa shape index (κ2) is 5.27. The predicted molar refractivity (Wildman–Crippen MR) is 61.1 cm³/mol. The first-order chi connectivity index (χ1) is 7.56. The smallest absolute Gasteiger partial charge is 0.311 e. The first-order valence-corrected chi connectivity index (χ1v) is 4.90. The van der Waals surface area contributed by atoms with Crippen LogP contribution in [0.3, 0.4) is 0 Å². The van der Waals surface area contributed by atoms with E-state index in [4.69, 9.17) is 5.73 Å². The Bertz CT molecular complexity index is 404. The summed E-state index contributed by atoms with van der Waals surface area (Å²) in [6.07, 6.45) is 3.16. The van der Waals surface area contributed by atoms with Gasteiger partial charge in [0, 0.05) is 12.1 Å². The molecule has 3 N–H and O–H groups in total. The third-order valence-electron chi connectivity index (χ3n) is 2.31. The second-order valence-electron chi connectivity index (χ2n) is 3.48. The van der Waals surface area contributed by atoms with Gasteiger partial charge in [0.05, 0.1) is 4.92 Å². The van der Waals surface area contributed by atoms with Gasteiger partial charge in [0.2, 0.25) is 0 Å². The highest BCUT2D eigenvalue weighted by molar-refractivity contribution is 5.48. The molecular formula is C11H14N2O3. The van der Waals surface area contributed by atoms with E-state index in [0.717, 1.165) is 6.42 Å². The molecule has 0 aromatic heterocycles. The molecule has 5 nitrogen and oxygen atoms in total. The van der Waals surface area contributed by atoms with Gasteiger partial charge in [0.1, 0.15) is 0 Å². The fraction of sp³-hybridized carbons (Fsp3) is 0.273. The van der Waals surface area contributed by atoms with E-state index in [9.17, 15) is 15.2 Å². The van der Waals surface area contributed by atoms with Gasteiger partial charge in [-0.25, -0.2) is 0 Å². The quantitative estimate of drug-likeness (QED) is 0.454. The molecule has 0 heterocycles. The Kier molecular flexibility index (Phi) is 4.02. The van der Waals surface area contributed by atoms with Gasteiger partial charge >= 0.3 is 5.69 Å². The van der Waals surface area contributed by atoms with Crippen molar-refractivity contribution < 1.29 is 10.0 Å². The zero-order valence-electron chi connectivity index (χ0n) is 8.80. The summed E-state index contributed by atoms with van der Waals surface area (Å²) < 4.78 is 0. The van der Waals surface area contributed by atoms with Crippen molar-refractivity contribution in [2.75, 3.05) is 0 Å². The number of nitro groups is 1. The van der Waals surface area contributed by atoms with Gasteiger partial charge in [-0.1, -0.05) is 12.1 Å². The summed E-state index contributed by atoms with van der Waals surface area (Å²) in [6.45, 7) is 3.58. The molecular weight excluding hydrogens is 208 g/mol. The highest BCUT2D eigenvalue weighted by Crippen LogP contribution is 2.29. The summed E-state index contributed by atoms with van der Waals surface area (Å²) in [7, 11) is 0. The standard InChI is InChI=1S/C11H14N2O3/c1-2-3-4-9(12)8-5-6-11(14)10(7-8)13(15)16/h2,5-7,9,14H,1,3-4,12H2/t9-/m0/s1. The molecule has 0 amide bonds. The molecule has 1 aromatic rings. The average Bonchev–Trinajstić information content (AvgIpc) is 2.26. The number of allylic oxidation sites excluding steroid dienone is 1. The van der Waals surface area contributed by atoms with E-state index in [2.05, 4.69) is 6.58 Å². The third-order valence-corrected chi connectivity index (χ3v) is 2.31. The molecule has 0 aliphatic carbocycles. The van der Waals surface area contributed by atoms with Crippen LogP contribution in [0.4, 0.5) is 5.69 Å². The highest BCUT2D eigenvalue weighted by Gasteiger charge is 2.16. The SMILES string of the molecule is C=CCC[C@H](N)c1ccc(O)c([N+](=O)[O-])c1. The van der Waals surface area contributed by atoms with E-state index in [1.807, 2.05) is 0 Å². The van der Waals surface area contributed by atoms with E-state index < -0.39 is 4.92 Å². The molecule has 0 spiro atoms. The zero-order valence-corrected chi connectivity index (χ0v) is 8.80. The molecule has 0 saturated carbocycles. The minimum atomic E-state index is -0.626. The molecule has 0 radical (unpaired) electrons. The second-order valence-corrected chi connectivity index (χ2v) is 3.48. The molecule has 0 bridgehead atoms. The van der Waals surface area contributed by atoms with Gasteiger partial charge < -0.3 is 10.8 Å². The average molecular weight is 222 g/mol. The number of nitro benzene ring substituents is 1. The molecule has 0 aliphatic heterocycles. The zero-order chi connectivity index (χ0) is 12.1. The molecule has 1 aromatic carbocycles. The maximum absolute atomic E-state index is 10.6. The summed E-state index contributed by atoms with van der Waals surface area (Å²) in [5, 5.41) is 19.9. The number of hydrogen-bond acceptors (Lipinski definition) is 4. The summed E-state index contributed by atoms with van der Waals surface area (Å²) in [4.78, 5) is 9.97. The van der Waals surface area contributed by atoms with Crippen molar-refractivity contribution in [3.63, 3.8) is 0 Å². The molecule has 0 aliphatic rings. The number of aromatic hydroxyl groups is 1. The number of phenols is 1. The van der Waals surface area contributed by atoms with Gasteiger partial charge in [-0.2, -0.15) is 0 Å². The number of hydrogen-bond donors (Lipinski definition) is 2. The predicted octanol–water partition coefficient (Wildman–Crippen LogP) is 2.27. The molecule has 1 atom stereocenters. The molecule has 5 heteroatoms. The Morgan fingerprint density at radius 2 is 2.31 bits per heavy atom. The van der Waals surface area contributed by atoms with Crippen LogP contribution in [0.2, 0.25) is 0 Å².